The molecule has 1 heterocycles. The molecule has 1 aliphatic heterocycles. The first-order valence-corrected chi connectivity index (χ1v) is 9.42. The molecule has 1 aromatic carbocycles. The fourth-order valence-electron chi connectivity index (χ4n) is 3.37. The van der Waals surface area contributed by atoms with E-state index in [-0.39, 0.29) is 29.8 Å². The maximum atomic E-state index is 13.8. The Balaban J connectivity index is 0.00000364. The van der Waals surface area contributed by atoms with Crippen LogP contribution in [-0.4, -0.2) is 49.4 Å². The van der Waals surface area contributed by atoms with Crippen molar-refractivity contribution in [1.29, 1.82) is 0 Å². The Labute approximate surface area is 167 Å². The minimum absolute atomic E-state index is 0. The number of hydrogen-bond donors (Lipinski definition) is 2. The van der Waals surface area contributed by atoms with E-state index in [4.69, 9.17) is 0 Å². The highest BCUT2D eigenvalue weighted by molar-refractivity contribution is 5.97. The first-order valence-electron chi connectivity index (χ1n) is 9.42. The third-order valence-electron chi connectivity index (χ3n) is 5.07. The van der Waals surface area contributed by atoms with Crippen LogP contribution in [0.1, 0.15) is 43.5 Å². The second-order valence-corrected chi connectivity index (χ2v) is 7.34. The molecule has 5 nitrogen and oxygen atoms in total. The van der Waals surface area contributed by atoms with Gasteiger partial charge in [-0.15, -0.1) is 12.4 Å². The summed E-state index contributed by atoms with van der Waals surface area (Å²) in [4.78, 5) is 27.2. The number of carbonyl (C=O) groups excluding carboxylic acids is 2. The van der Waals surface area contributed by atoms with Gasteiger partial charge >= 0.3 is 0 Å². The molecule has 0 saturated carbocycles. The molecule has 1 saturated heterocycles. The first-order chi connectivity index (χ1) is 12.4. The monoisotopic (exact) mass is 399 g/mol. The molecule has 27 heavy (non-hydrogen) atoms. The number of amides is 2. The van der Waals surface area contributed by atoms with Crippen molar-refractivity contribution in [2.24, 2.45) is 11.8 Å². The van der Waals surface area contributed by atoms with Crippen LogP contribution < -0.4 is 10.6 Å². The Morgan fingerprint density at radius 1 is 1.22 bits per heavy atom. The smallest absolute Gasteiger partial charge is 0.254 e. The second-order valence-electron chi connectivity index (χ2n) is 7.34. The highest BCUT2D eigenvalue weighted by atomic mass is 35.5. The van der Waals surface area contributed by atoms with Gasteiger partial charge in [0.25, 0.3) is 5.91 Å². The highest BCUT2D eigenvalue weighted by Crippen LogP contribution is 2.21. The summed E-state index contributed by atoms with van der Waals surface area (Å²) in [7, 11) is 1.95. The van der Waals surface area contributed by atoms with Gasteiger partial charge in [0.2, 0.25) is 5.91 Å². The number of likely N-dealkylation sites (tertiary alicyclic amines) is 1. The number of carbonyl (C=O) groups is 2. The maximum absolute atomic E-state index is 13.8. The number of halogens is 2. The number of benzene rings is 1. The van der Waals surface area contributed by atoms with Gasteiger partial charge in [-0.2, -0.15) is 0 Å². The average molecular weight is 400 g/mol. The Morgan fingerprint density at radius 3 is 2.41 bits per heavy atom. The molecule has 1 fully saturated rings. The molecule has 2 N–H and O–H groups in total. The van der Waals surface area contributed by atoms with E-state index >= 15 is 0 Å². The van der Waals surface area contributed by atoms with Crippen molar-refractivity contribution in [3.63, 3.8) is 0 Å². The van der Waals surface area contributed by atoms with Crippen LogP contribution in [0.4, 0.5) is 4.39 Å². The molecule has 7 heteroatoms. The molecular formula is C20H31ClFN3O2. The van der Waals surface area contributed by atoms with Crippen molar-refractivity contribution < 1.29 is 14.0 Å². The van der Waals surface area contributed by atoms with Crippen molar-refractivity contribution in [2.75, 3.05) is 26.7 Å². The summed E-state index contributed by atoms with van der Waals surface area (Å²) in [6.07, 6.45) is 3.09. The summed E-state index contributed by atoms with van der Waals surface area (Å²) < 4.78 is 13.8. The van der Waals surface area contributed by atoms with Crippen LogP contribution in [0.5, 0.6) is 0 Å². The van der Waals surface area contributed by atoms with E-state index in [9.17, 15) is 14.0 Å². The largest absolute Gasteiger partial charge is 0.341 e. The quantitative estimate of drug-likeness (QED) is 0.741. The molecule has 0 aromatic heterocycles. The van der Waals surface area contributed by atoms with Gasteiger partial charge in [-0.05, 0) is 56.8 Å². The van der Waals surface area contributed by atoms with Gasteiger partial charge in [-0.1, -0.05) is 26.0 Å². The molecule has 152 valence electrons. The standard InChI is InChI=1S/C20H30FN3O2.ClH/c1-14(2)18(23-19(25)16-6-4-5-7-17(16)21)20(26)24-12-9-15(10-13-24)8-11-22-3;/h4-7,14-15,18,22H,8-13H2,1-3H3,(H,23,25);1H. The zero-order chi connectivity index (χ0) is 19.1. The van der Waals surface area contributed by atoms with Gasteiger partial charge in [-0.3, -0.25) is 9.59 Å². The average Bonchev–Trinajstić information content (AvgIpc) is 2.64. The molecule has 1 unspecified atom stereocenters. The Kier molecular flexibility index (Phi) is 9.74. The van der Waals surface area contributed by atoms with E-state index < -0.39 is 17.8 Å². The first kappa shape index (κ1) is 23.4. The molecule has 1 atom stereocenters. The van der Waals surface area contributed by atoms with Crippen LogP contribution >= 0.6 is 12.4 Å². The topological polar surface area (TPSA) is 61.4 Å². The van der Waals surface area contributed by atoms with Gasteiger partial charge < -0.3 is 15.5 Å². The van der Waals surface area contributed by atoms with Crippen LogP contribution in [0.15, 0.2) is 24.3 Å². The molecule has 0 aliphatic carbocycles. The third-order valence-corrected chi connectivity index (χ3v) is 5.07. The summed E-state index contributed by atoms with van der Waals surface area (Å²) in [5.41, 5.74) is -0.0308. The van der Waals surface area contributed by atoms with Gasteiger partial charge in [0.05, 0.1) is 5.56 Å². The molecule has 0 bridgehead atoms. The molecular weight excluding hydrogens is 369 g/mol. The van der Waals surface area contributed by atoms with E-state index in [2.05, 4.69) is 10.6 Å². The van der Waals surface area contributed by atoms with Crippen molar-refractivity contribution in [1.82, 2.24) is 15.5 Å². The van der Waals surface area contributed by atoms with Crippen LogP contribution in [0.3, 0.4) is 0 Å². The zero-order valence-electron chi connectivity index (χ0n) is 16.3. The predicted molar refractivity (Wildman–Crippen MR) is 108 cm³/mol. The van der Waals surface area contributed by atoms with Gasteiger partial charge in [0.15, 0.2) is 0 Å². The van der Waals surface area contributed by atoms with E-state index in [1.807, 2.05) is 25.8 Å². The van der Waals surface area contributed by atoms with Gasteiger partial charge in [0.1, 0.15) is 11.9 Å². The van der Waals surface area contributed by atoms with E-state index in [1.165, 1.54) is 18.2 Å². The normalized spacial score (nSPS) is 16.0. The van der Waals surface area contributed by atoms with Crippen molar-refractivity contribution in [2.45, 2.75) is 39.2 Å². The Hall–Kier alpha value is -1.66. The molecule has 2 amide bonds. The summed E-state index contributed by atoms with van der Waals surface area (Å²) in [5, 5.41) is 5.90. The lowest BCUT2D eigenvalue weighted by Crippen LogP contribution is -2.53. The zero-order valence-corrected chi connectivity index (χ0v) is 17.2. The van der Waals surface area contributed by atoms with Crippen LogP contribution in [0.25, 0.3) is 0 Å². The number of rotatable bonds is 7. The van der Waals surface area contributed by atoms with E-state index in [0.29, 0.717) is 19.0 Å². The number of nitrogens with zero attached hydrogens (tertiary/aromatic N) is 1. The fourth-order valence-corrected chi connectivity index (χ4v) is 3.37. The lowest BCUT2D eigenvalue weighted by molar-refractivity contribution is -0.135. The Bertz CT molecular complexity index is 619. The van der Waals surface area contributed by atoms with Crippen LogP contribution in [0.2, 0.25) is 0 Å². The number of nitrogens with one attached hydrogen (secondary N) is 2. The van der Waals surface area contributed by atoms with Crippen molar-refractivity contribution >= 4 is 24.2 Å². The number of piperidine rings is 1. The third kappa shape index (κ3) is 6.47. The summed E-state index contributed by atoms with van der Waals surface area (Å²) in [5.74, 6) is -0.627. The second kappa shape index (κ2) is 11.2. The molecule has 0 radical (unpaired) electrons. The van der Waals surface area contributed by atoms with Gasteiger partial charge in [0, 0.05) is 13.1 Å². The van der Waals surface area contributed by atoms with E-state index in [1.54, 1.807) is 6.07 Å². The summed E-state index contributed by atoms with van der Waals surface area (Å²) >= 11 is 0. The molecule has 0 spiro atoms. The van der Waals surface area contributed by atoms with Crippen LogP contribution in [-0.2, 0) is 4.79 Å². The highest BCUT2D eigenvalue weighted by Gasteiger charge is 2.31. The molecule has 1 aliphatic rings. The lowest BCUT2D eigenvalue weighted by Gasteiger charge is -2.35. The SMILES string of the molecule is CNCCC1CCN(C(=O)C(NC(=O)c2ccccc2F)C(C)C)CC1.Cl. The predicted octanol–water partition coefficient (Wildman–Crippen LogP) is 2.85. The maximum Gasteiger partial charge on any atom is 0.254 e. The minimum atomic E-state index is -0.643. The number of hydrogen-bond acceptors (Lipinski definition) is 3. The Morgan fingerprint density at radius 2 is 1.85 bits per heavy atom. The van der Waals surface area contributed by atoms with Gasteiger partial charge in [-0.25, -0.2) is 4.39 Å². The van der Waals surface area contributed by atoms with Crippen molar-refractivity contribution in [3.05, 3.63) is 35.6 Å². The molecule has 2 rings (SSSR count). The minimum Gasteiger partial charge on any atom is -0.341 e. The summed E-state index contributed by atoms with van der Waals surface area (Å²) in [6, 6.07) is 5.18. The van der Waals surface area contributed by atoms with Crippen molar-refractivity contribution in [3.8, 4) is 0 Å². The van der Waals surface area contributed by atoms with Crippen LogP contribution in [0, 0.1) is 17.7 Å². The fraction of sp³-hybridized carbons (Fsp3) is 0.600. The summed E-state index contributed by atoms with van der Waals surface area (Å²) in [6.45, 7) is 6.21. The molecule has 1 aromatic rings. The van der Waals surface area contributed by atoms with E-state index in [0.717, 1.165) is 25.8 Å². The lowest BCUT2D eigenvalue weighted by atomic mass is 9.92.